The Labute approximate surface area is 178 Å². The first-order chi connectivity index (χ1) is 15.0. The van der Waals surface area contributed by atoms with E-state index in [2.05, 4.69) is 14.9 Å². The Morgan fingerprint density at radius 2 is 1.81 bits per heavy atom. The van der Waals surface area contributed by atoms with Crippen LogP contribution in [0.4, 0.5) is 5.69 Å². The predicted octanol–water partition coefficient (Wildman–Crippen LogP) is 3.74. The van der Waals surface area contributed by atoms with Crippen LogP contribution in [-0.2, 0) is 16.4 Å². The Morgan fingerprint density at radius 3 is 2.55 bits per heavy atom. The van der Waals surface area contributed by atoms with Crippen molar-refractivity contribution in [1.82, 2.24) is 10.1 Å². The van der Waals surface area contributed by atoms with E-state index in [1.54, 1.807) is 36.4 Å². The van der Waals surface area contributed by atoms with Crippen LogP contribution in [-0.4, -0.2) is 32.8 Å². The van der Waals surface area contributed by atoms with Gasteiger partial charge in [0.2, 0.25) is 11.7 Å². The minimum absolute atomic E-state index is 0.0397. The molecule has 31 heavy (non-hydrogen) atoms. The van der Waals surface area contributed by atoms with Crippen LogP contribution in [0.2, 0.25) is 0 Å². The highest BCUT2D eigenvalue weighted by molar-refractivity contribution is 7.92. The van der Waals surface area contributed by atoms with Crippen molar-refractivity contribution >= 4 is 15.7 Å². The van der Waals surface area contributed by atoms with Crippen LogP contribution in [0.25, 0.3) is 11.6 Å². The number of ether oxygens (including phenoxy) is 2. The molecule has 2 heterocycles. The lowest BCUT2D eigenvalue weighted by Crippen LogP contribution is -2.14. The highest BCUT2D eigenvalue weighted by atomic mass is 32.2. The summed E-state index contributed by atoms with van der Waals surface area (Å²) in [6, 6.07) is 14.8. The normalized spacial score (nSPS) is 11.3. The molecule has 2 aromatic carbocycles. The molecule has 0 atom stereocenters. The summed E-state index contributed by atoms with van der Waals surface area (Å²) < 4.78 is 49.5. The quantitative estimate of drug-likeness (QED) is 0.439. The molecule has 0 radical (unpaired) electrons. The summed E-state index contributed by atoms with van der Waals surface area (Å²) in [6.07, 6.45) is 1.75. The number of furan rings is 1. The number of hydrogen-bond acceptors (Lipinski definition) is 8. The number of nitrogens with one attached hydrogen (secondary N) is 1. The van der Waals surface area contributed by atoms with Crippen molar-refractivity contribution in [3.63, 3.8) is 0 Å². The molecule has 0 spiro atoms. The fourth-order valence-corrected chi connectivity index (χ4v) is 4.07. The minimum Gasteiger partial charge on any atom is -0.493 e. The van der Waals surface area contributed by atoms with E-state index >= 15 is 0 Å². The maximum atomic E-state index is 13.0. The predicted molar refractivity (Wildman–Crippen MR) is 112 cm³/mol. The maximum Gasteiger partial charge on any atom is 0.262 e. The summed E-state index contributed by atoms with van der Waals surface area (Å²) in [7, 11) is -0.959. The second-order valence-electron chi connectivity index (χ2n) is 6.45. The van der Waals surface area contributed by atoms with E-state index in [1.165, 1.54) is 38.7 Å². The van der Waals surface area contributed by atoms with Gasteiger partial charge in [-0.05, 0) is 35.9 Å². The molecular weight excluding hydrogens is 422 g/mol. The topological polar surface area (TPSA) is 117 Å². The van der Waals surface area contributed by atoms with Gasteiger partial charge in [0.05, 0.1) is 37.5 Å². The number of para-hydroxylation sites is 1. The Morgan fingerprint density at radius 1 is 1.00 bits per heavy atom. The molecule has 4 aromatic rings. The number of hydrogen-bond donors (Lipinski definition) is 1. The van der Waals surface area contributed by atoms with E-state index in [9.17, 15) is 8.42 Å². The van der Waals surface area contributed by atoms with E-state index in [-0.39, 0.29) is 11.3 Å². The zero-order chi connectivity index (χ0) is 21.8. The average Bonchev–Trinajstić information content (AvgIpc) is 3.46. The summed E-state index contributed by atoms with van der Waals surface area (Å²) in [4.78, 5) is 4.35. The second-order valence-corrected chi connectivity index (χ2v) is 8.13. The number of aromatic nitrogens is 2. The van der Waals surface area contributed by atoms with Gasteiger partial charge < -0.3 is 18.4 Å². The van der Waals surface area contributed by atoms with Crippen LogP contribution in [0.1, 0.15) is 11.5 Å². The van der Waals surface area contributed by atoms with Crippen molar-refractivity contribution in [3.8, 4) is 23.1 Å². The van der Waals surface area contributed by atoms with Crippen LogP contribution in [0.15, 0.2) is 74.7 Å². The molecule has 0 bridgehead atoms. The molecular formula is C21H19N3O6S. The van der Waals surface area contributed by atoms with Gasteiger partial charge in [-0.3, -0.25) is 4.72 Å². The summed E-state index contributed by atoms with van der Waals surface area (Å²) in [5.74, 6) is 1.88. The third-order valence-electron chi connectivity index (χ3n) is 4.48. The second kappa shape index (κ2) is 8.52. The van der Waals surface area contributed by atoms with E-state index in [1.807, 2.05) is 0 Å². The lowest BCUT2D eigenvalue weighted by Gasteiger charge is -2.13. The largest absolute Gasteiger partial charge is 0.493 e. The molecule has 0 aliphatic rings. The molecule has 0 fully saturated rings. The van der Waals surface area contributed by atoms with Crippen molar-refractivity contribution < 1.29 is 26.8 Å². The lowest BCUT2D eigenvalue weighted by atomic mass is 10.1. The number of nitrogens with zero attached hydrogens (tertiary/aromatic N) is 2. The van der Waals surface area contributed by atoms with Gasteiger partial charge in [-0.15, -0.1) is 0 Å². The van der Waals surface area contributed by atoms with Crippen LogP contribution in [0.5, 0.6) is 11.5 Å². The van der Waals surface area contributed by atoms with Crippen molar-refractivity contribution in [2.45, 2.75) is 11.3 Å². The number of anilines is 1. The first-order valence-electron chi connectivity index (χ1n) is 9.19. The van der Waals surface area contributed by atoms with Crippen LogP contribution in [0, 0.1) is 0 Å². The third kappa shape index (κ3) is 4.38. The molecule has 0 saturated heterocycles. The fourth-order valence-electron chi connectivity index (χ4n) is 2.96. The summed E-state index contributed by atoms with van der Waals surface area (Å²) in [6.45, 7) is 0. The van der Waals surface area contributed by atoms with Gasteiger partial charge in [-0.1, -0.05) is 23.4 Å². The van der Waals surface area contributed by atoms with E-state index in [0.717, 1.165) is 0 Å². The molecule has 0 aliphatic heterocycles. The Hall–Kier alpha value is -3.79. The van der Waals surface area contributed by atoms with Crippen molar-refractivity contribution in [3.05, 3.63) is 72.3 Å². The molecule has 2 aromatic heterocycles. The highest BCUT2D eigenvalue weighted by Gasteiger charge is 2.20. The van der Waals surface area contributed by atoms with Gasteiger partial charge in [0.1, 0.15) is 0 Å². The van der Waals surface area contributed by atoms with Crippen molar-refractivity contribution in [2.24, 2.45) is 0 Å². The van der Waals surface area contributed by atoms with Crippen LogP contribution < -0.4 is 14.2 Å². The van der Waals surface area contributed by atoms with E-state index in [0.29, 0.717) is 40.2 Å². The monoisotopic (exact) mass is 441 g/mol. The molecule has 0 aliphatic carbocycles. The van der Waals surface area contributed by atoms with E-state index in [4.69, 9.17) is 18.4 Å². The minimum atomic E-state index is -3.88. The SMILES string of the molecule is COc1ccc(S(=O)(=O)Nc2ccccc2Cc2nc(-c3ccco3)no2)cc1OC. The van der Waals surface area contributed by atoms with Gasteiger partial charge in [-0.25, -0.2) is 8.42 Å². The first-order valence-corrected chi connectivity index (χ1v) is 10.7. The molecule has 10 heteroatoms. The van der Waals surface area contributed by atoms with Crippen molar-refractivity contribution in [1.29, 1.82) is 0 Å². The number of sulfonamides is 1. The van der Waals surface area contributed by atoms with Crippen LogP contribution >= 0.6 is 0 Å². The molecule has 9 nitrogen and oxygen atoms in total. The molecule has 0 amide bonds. The zero-order valence-electron chi connectivity index (χ0n) is 16.7. The standard InChI is InChI=1S/C21H19N3O6S/c1-27-17-10-9-15(13-19(17)28-2)31(25,26)24-16-7-4-3-6-14(16)12-20-22-21(23-30-20)18-8-5-11-29-18/h3-11,13,24H,12H2,1-2H3. The smallest absolute Gasteiger partial charge is 0.262 e. The van der Waals surface area contributed by atoms with Crippen LogP contribution in [0.3, 0.4) is 0 Å². The Kier molecular flexibility index (Phi) is 5.63. The molecule has 4 rings (SSSR count). The van der Waals surface area contributed by atoms with E-state index < -0.39 is 10.0 Å². The first kappa shape index (κ1) is 20.5. The molecule has 160 valence electrons. The third-order valence-corrected chi connectivity index (χ3v) is 5.84. The molecule has 0 unspecified atom stereocenters. The Bertz CT molecular complexity index is 1280. The van der Waals surface area contributed by atoms with Gasteiger partial charge in [0, 0.05) is 6.07 Å². The lowest BCUT2D eigenvalue weighted by molar-refractivity contribution is 0.354. The van der Waals surface area contributed by atoms with Gasteiger partial charge in [0.15, 0.2) is 17.3 Å². The summed E-state index contributed by atoms with van der Waals surface area (Å²) >= 11 is 0. The number of benzene rings is 2. The molecule has 1 N–H and O–H groups in total. The zero-order valence-corrected chi connectivity index (χ0v) is 17.5. The molecule has 0 saturated carbocycles. The van der Waals surface area contributed by atoms with Gasteiger partial charge in [-0.2, -0.15) is 4.98 Å². The van der Waals surface area contributed by atoms with Gasteiger partial charge in [0.25, 0.3) is 10.0 Å². The highest BCUT2D eigenvalue weighted by Crippen LogP contribution is 2.31. The van der Waals surface area contributed by atoms with Crippen molar-refractivity contribution in [2.75, 3.05) is 18.9 Å². The van der Waals surface area contributed by atoms with Gasteiger partial charge >= 0.3 is 0 Å². The maximum absolute atomic E-state index is 13.0. The number of methoxy groups -OCH3 is 2. The average molecular weight is 441 g/mol. The summed E-state index contributed by atoms with van der Waals surface area (Å²) in [5, 5.41) is 3.90. The Balaban J connectivity index is 1.59. The summed E-state index contributed by atoms with van der Waals surface area (Å²) in [5.41, 5.74) is 1.07. The number of rotatable bonds is 8. The fraction of sp³-hybridized carbons (Fsp3) is 0.143.